The third kappa shape index (κ3) is 5.97. The normalized spacial score (nSPS) is 15.3. The Morgan fingerprint density at radius 1 is 1.03 bits per heavy atom. The molecule has 8 heteroatoms. The number of esters is 2. The van der Waals surface area contributed by atoms with E-state index in [0.29, 0.717) is 23.5 Å². The van der Waals surface area contributed by atoms with E-state index in [1.54, 1.807) is 24.3 Å². The number of hydrogen-bond donors (Lipinski definition) is 1. The molecule has 0 aromatic heterocycles. The molecule has 0 aliphatic carbocycles. The average Bonchev–Trinajstić information content (AvgIpc) is 3.20. The topological polar surface area (TPSA) is 102 Å². The summed E-state index contributed by atoms with van der Waals surface area (Å²) in [5, 5.41) is 2.76. The van der Waals surface area contributed by atoms with Crippen LogP contribution in [0.3, 0.4) is 0 Å². The van der Waals surface area contributed by atoms with Gasteiger partial charge in [0.1, 0.15) is 0 Å². The molecule has 33 heavy (non-hydrogen) atoms. The summed E-state index contributed by atoms with van der Waals surface area (Å²) in [4.78, 5) is 50.5. The van der Waals surface area contributed by atoms with E-state index in [1.807, 2.05) is 39.0 Å². The second-order valence-electron chi connectivity index (χ2n) is 8.01. The van der Waals surface area contributed by atoms with Crippen LogP contribution in [0.15, 0.2) is 42.5 Å². The molecule has 0 radical (unpaired) electrons. The molecule has 1 fully saturated rings. The highest BCUT2D eigenvalue weighted by Crippen LogP contribution is 2.26. The zero-order chi connectivity index (χ0) is 24.0. The van der Waals surface area contributed by atoms with Gasteiger partial charge in [-0.25, -0.2) is 4.79 Å². The van der Waals surface area contributed by atoms with Gasteiger partial charge in [0, 0.05) is 24.3 Å². The van der Waals surface area contributed by atoms with Crippen LogP contribution in [-0.2, 0) is 23.9 Å². The molecule has 2 aromatic rings. The Kier molecular flexibility index (Phi) is 7.82. The van der Waals surface area contributed by atoms with Gasteiger partial charge in [0.15, 0.2) is 6.61 Å². The van der Waals surface area contributed by atoms with E-state index in [-0.39, 0.29) is 18.9 Å². The Morgan fingerprint density at radius 3 is 2.33 bits per heavy atom. The van der Waals surface area contributed by atoms with Crippen molar-refractivity contribution in [2.45, 2.75) is 33.6 Å². The number of ether oxygens (including phenoxy) is 2. The zero-order valence-corrected chi connectivity index (χ0v) is 19.1. The van der Waals surface area contributed by atoms with Crippen molar-refractivity contribution >= 4 is 35.1 Å². The second kappa shape index (κ2) is 10.8. The molecule has 0 bridgehead atoms. The van der Waals surface area contributed by atoms with Crippen LogP contribution in [0.1, 0.15) is 41.3 Å². The van der Waals surface area contributed by atoms with E-state index in [2.05, 4.69) is 5.32 Å². The van der Waals surface area contributed by atoms with E-state index in [9.17, 15) is 19.2 Å². The van der Waals surface area contributed by atoms with Crippen molar-refractivity contribution in [3.05, 3.63) is 59.2 Å². The number of amides is 2. The highest BCUT2D eigenvalue weighted by atomic mass is 16.5. The molecule has 0 spiro atoms. The van der Waals surface area contributed by atoms with Crippen LogP contribution in [0.25, 0.3) is 0 Å². The van der Waals surface area contributed by atoms with Crippen LogP contribution in [0.2, 0.25) is 0 Å². The van der Waals surface area contributed by atoms with Crippen molar-refractivity contribution in [1.29, 1.82) is 0 Å². The lowest BCUT2D eigenvalue weighted by molar-refractivity contribution is -0.151. The number of carbonyl (C=O) groups is 4. The van der Waals surface area contributed by atoms with E-state index in [0.717, 1.165) is 17.5 Å². The Balaban J connectivity index is 1.53. The van der Waals surface area contributed by atoms with E-state index < -0.39 is 30.4 Å². The van der Waals surface area contributed by atoms with Crippen molar-refractivity contribution < 1.29 is 28.7 Å². The monoisotopic (exact) mass is 452 g/mol. The first-order valence-corrected chi connectivity index (χ1v) is 10.9. The first-order valence-electron chi connectivity index (χ1n) is 10.9. The number of nitrogens with one attached hydrogen (secondary N) is 1. The van der Waals surface area contributed by atoms with Crippen LogP contribution in [0, 0.1) is 19.8 Å². The number of rotatable bonds is 8. The predicted octanol–water partition coefficient (Wildman–Crippen LogP) is 3.41. The largest absolute Gasteiger partial charge is 0.462 e. The molecule has 0 unspecified atom stereocenters. The summed E-state index contributed by atoms with van der Waals surface area (Å²) in [6.45, 7) is 5.75. The maximum Gasteiger partial charge on any atom is 0.338 e. The Bertz CT molecular complexity index is 1030. The van der Waals surface area contributed by atoms with Crippen LogP contribution < -0.4 is 10.2 Å². The van der Waals surface area contributed by atoms with Crippen molar-refractivity contribution in [3.8, 4) is 0 Å². The summed E-state index contributed by atoms with van der Waals surface area (Å²) in [7, 11) is 0. The quantitative estimate of drug-likeness (QED) is 0.616. The summed E-state index contributed by atoms with van der Waals surface area (Å²) in [5.74, 6) is -2.34. The summed E-state index contributed by atoms with van der Waals surface area (Å²) >= 11 is 0. The lowest BCUT2D eigenvalue weighted by atomic mass is 10.1. The van der Waals surface area contributed by atoms with Gasteiger partial charge in [-0.2, -0.15) is 0 Å². The molecule has 1 saturated heterocycles. The maximum absolute atomic E-state index is 12.5. The minimum Gasteiger partial charge on any atom is -0.462 e. The highest BCUT2D eigenvalue weighted by molar-refractivity contribution is 6.00. The standard InChI is InChI=1S/C25H28N2O6/c1-4-12-32-24(30)18-8-10-20(11-9-18)27-14-19(13-22(27)29)25(31)33-15-21(28)26-23-16(2)6-5-7-17(23)3/h5-11,19H,4,12-15H2,1-3H3,(H,26,28)/t19-/m1/s1. The molecule has 1 atom stereocenters. The molecular formula is C25H28N2O6. The minimum atomic E-state index is -0.667. The van der Waals surface area contributed by atoms with Crippen LogP contribution in [0.5, 0.6) is 0 Å². The fourth-order valence-electron chi connectivity index (χ4n) is 3.61. The number of para-hydroxylation sites is 1. The van der Waals surface area contributed by atoms with E-state index in [1.165, 1.54) is 4.90 Å². The number of aryl methyl sites for hydroxylation is 2. The lowest BCUT2D eigenvalue weighted by Crippen LogP contribution is -2.28. The molecule has 0 saturated carbocycles. The fraction of sp³-hybridized carbons (Fsp3) is 0.360. The Hall–Kier alpha value is -3.68. The number of nitrogens with zero attached hydrogens (tertiary/aromatic N) is 1. The summed E-state index contributed by atoms with van der Waals surface area (Å²) in [5.41, 5.74) is 3.50. The van der Waals surface area contributed by atoms with Gasteiger partial charge in [-0.3, -0.25) is 14.4 Å². The number of carbonyl (C=O) groups excluding carboxylic acids is 4. The zero-order valence-electron chi connectivity index (χ0n) is 19.1. The van der Waals surface area contributed by atoms with Gasteiger partial charge in [-0.05, 0) is 55.7 Å². The van der Waals surface area contributed by atoms with Gasteiger partial charge in [0.25, 0.3) is 5.91 Å². The third-order valence-corrected chi connectivity index (χ3v) is 5.40. The Morgan fingerprint density at radius 2 is 1.70 bits per heavy atom. The highest BCUT2D eigenvalue weighted by Gasteiger charge is 2.36. The SMILES string of the molecule is CCCOC(=O)c1ccc(N2C[C@H](C(=O)OCC(=O)Nc3c(C)cccc3C)CC2=O)cc1. The first-order chi connectivity index (χ1) is 15.8. The molecule has 1 heterocycles. The van der Waals surface area contributed by atoms with Gasteiger partial charge in [-0.15, -0.1) is 0 Å². The van der Waals surface area contributed by atoms with Crippen molar-refractivity contribution in [3.63, 3.8) is 0 Å². The molecule has 1 N–H and O–H groups in total. The molecular weight excluding hydrogens is 424 g/mol. The average molecular weight is 453 g/mol. The third-order valence-electron chi connectivity index (χ3n) is 5.40. The number of hydrogen-bond acceptors (Lipinski definition) is 6. The maximum atomic E-state index is 12.5. The second-order valence-corrected chi connectivity index (χ2v) is 8.01. The summed E-state index contributed by atoms with van der Waals surface area (Å²) in [6, 6.07) is 12.1. The predicted molar refractivity (Wildman–Crippen MR) is 123 cm³/mol. The van der Waals surface area contributed by atoms with E-state index in [4.69, 9.17) is 9.47 Å². The van der Waals surface area contributed by atoms with Crippen LogP contribution in [-0.4, -0.2) is 43.5 Å². The van der Waals surface area contributed by atoms with Gasteiger partial charge < -0.3 is 19.7 Å². The summed E-state index contributed by atoms with van der Waals surface area (Å²) in [6.07, 6.45) is 0.731. The van der Waals surface area contributed by atoms with Gasteiger partial charge in [-0.1, -0.05) is 25.1 Å². The first kappa shape index (κ1) is 24.0. The smallest absolute Gasteiger partial charge is 0.338 e. The minimum absolute atomic E-state index is 0.00233. The molecule has 2 amide bonds. The number of benzene rings is 2. The molecule has 8 nitrogen and oxygen atoms in total. The molecule has 2 aromatic carbocycles. The van der Waals surface area contributed by atoms with Crippen molar-refractivity contribution in [2.24, 2.45) is 5.92 Å². The van der Waals surface area contributed by atoms with Crippen LogP contribution >= 0.6 is 0 Å². The van der Waals surface area contributed by atoms with Gasteiger partial charge in [0.05, 0.1) is 18.1 Å². The Labute approximate surface area is 192 Å². The van der Waals surface area contributed by atoms with Crippen LogP contribution in [0.4, 0.5) is 11.4 Å². The number of anilines is 2. The van der Waals surface area contributed by atoms with Crippen molar-refractivity contribution in [2.75, 3.05) is 30.0 Å². The molecule has 1 aliphatic rings. The molecule has 3 rings (SSSR count). The van der Waals surface area contributed by atoms with E-state index >= 15 is 0 Å². The lowest BCUT2D eigenvalue weighted by Gasteiger charge is -2.17. The van der Waals surface area contributed by atoms with Crippen molar-refractivity contribution in [1.82, 2.24) is 0 Å². The molecule has 174 valence electrons. The van der Waals surface area contributed by atoms with Gasteiger partial charge in [0.2, 0.25) is 5.91 Å². The van der Waals surface area contributed by atoms with Gasteiger partial charge >= 0.3 is 11.9 Å². The summed E-state index contributed by atoms with van der Waals surface area (Å²) < 4.78 is 10.3. The molecule has 1 aliphatic heterocycles. The fourth-order valence-corrected chi connectivity index (χ4v) is 3.61.